The molecule has 0 saturated heterocycles. The van der Waals surface area contributed by atoms with Crippen LogP contribution in [0.5, 0.6) is 0 Å². The summed E-state index contributed by atoms with van der Waals surface area (Å²) in [6.45, 7) is 0. The number of nitrogens with zero attached hydrogens (tertiary/aromatic N) is 3. The highest BCUT2D eigenvalue weighted by molar-refractivity contribution is 6.30. The summed E-state index contributed by atoms with van der Waals surface area (Å²) in [5, 5.41) is 6.74. The van der Waals surface area contributed by atoms with Crippen LogP contribution in [0.4, 0.5) is 5.69 Å². The maximum Gasteiger partial charge on any atom is 0.248 e. The van der Waals surface area contributed by atoms with Gasteiger partial charge in [0.05, 0.1) is 17.1 Å². The van der Waals surface area contributed by atoms with Gasteiger partial charge in [-0.05, 0) is 48.7 Å². The molecule has 110 valence electrons. The first kappa shape index (κ1) is 13.5. The summed E-state index contributed by atoms with van der Waals surface area (Å²) < 4.78 is 0. The molecule has 0 N–H and O–H groups in total. The van der Waals surface area contributed by atoms with E-state index in [0.717, 1.165) is 29.9 Å². The second-order valence-electron chi connectivity index (χ2n) is 5.62. The number of carbonyl (C=O) groups is 1. The van der Waals surface area contributed by atoms with Gasteiger partial charge in [0.2, 0.25) is 5.91 Å². The van der Waals surface area contributed by atoms with Crippen molar-refractivity contribution in [1.82, 2.24) is 4.98 Å². The van der Waals surface area contributed by atoms with E-state index in [9.17, 15) is 4.79 Å². The average Bonchev–Trinajstić information content (AvgIpc) is 2.55. The molecule has 22 heavy (non-hydrogen) atoms. The van der Waals surface area contributed by atoms with Gasteiger partial charge >= 0.3 is 0 Å². The summed E-state index contributed by atoms with van der Waals surface area (Å²) in [5.74, 6) is 0.203. The van der Waals surface area contributed by atoms with E-state index < -0.39 is 0 Å². The van der Waals surface area contributed by atoms with Gasteiger partial charge in [0.25, 0.3) is 0 Å². The topological polar surface area (TPSA) is 45.6 Å². The van der Waals surface area contributed by atoms with Crippen molar-refractivity contribution in [1.29, 1.82) is 0 Å². The predicted octanol–water partition coefficient (Wildman–Crippen LogP) is 3.44. The van der Waals surface area contributed by atoms with Crippen molar-refractivity contribution in [3.05, 3.63) is 58.9 Å². The van der Waals surface area contributed by atoms with E-state index in [1.165, 1.54) is 10.6 Å². The summed E-state index contributed by atoms with van der Waals surface area (Å²) >= 11 is 5.92. The minimum absolute atomic E-state index is 0.0236. The van der Waals surface area contributed by atoms with Crippen molar-refractivity contribution < 1.29 is 4.79 Å². The van der Waals surface area contributed by atoms with Gasteiger partial charge in [-0.15, -0.1) is 0 Å². The van der Waals surface area contributed by atoms with Crippen LogP contribution in [0.25, 0.3) is 0 Å². The van der Waals surface area contributed by atoms with Crippen molar-refractivity contribution in [3.63, 3.8) is 0 Å². The normalized spacial score (nSPS) is 20.2. The smallest absolute Gasteiger partial charge is 0.248 e. The molecule has 1 aliphatic heterocycles. The van der Waals surface area contributed by atoms with Gasteiger partial charge in [-0.3, -0.25) is 9.78 Å². The van der Waals surface area contributed by atoms with Crippen LogP contribution < -0.4 is 5.01 Å². The Morgan fingerprint density at radius 1 is 1.18 bits per heavy atom. The van der Waals surface area contributed by atoms with Gasteiger partial charge in [0.1, 0.15) is 0 Å². The zero-order valence-electron chi connectivity index (χ0n) is 11.9. The molecule has 1 unspecified atom stereocenters. The van der Waals surface area contributed by atoms with E-state index in [1.54, 1.807) is 18.3 Å². The van der Waals surface area contributed by atoms with E-state index >= 15 is 0 Å². The van der Waals surface area contributed by atoms with Crippen molar-refractivity contribution in [2.75, 3.05) is 5.01 Å². The molecule has 2 aromatic rings. The van der Waals surface area contributed by atoms with E-state index in [4.69, 9.17) is 11.6 Å². The lowest BCUT2D eigenvalue weighted by Crippen LogP contribution is -2.39. The van der Waals surface area contributed by atoms with Crippen LogP contribution in [0.1, 0.15) is 24.1 Å². The second kappa shape index (κ2) is 5.21. The summed E-state index contributed by atoms with van der Waals surface area (Å²) in [5.41, 5.74) is 3.81. The molecule has 1 atom stereocenters. The molecule has 0 bridgehead atoms. The molecule has 1 aromatic carbocycles. The summed E-state index contributed by atoms with van der Waals surface area (Å²) in [4.78, 5) is 16.9. The number of aromatic nitrogens is 1. The number of fused-ring (bicyclic) bond motifs is 3. The quantitative estimate of drug-likeness (QED) is 0.810. The number of hydrogen-bond acceptors (Lipinski definition) is 3. The van der Waals surface area contributed by atoms with Gasteiger partial charge in [0, 0.05) is 23.6 Å². The van der Waals surface area contributed by atoms with Gasteiger partial charge in [0.15, 0.2) is 0 Å². The zero-order chi connectivity index (χ0) is 15.1. The van der Waals surface area contributed by atoms with Crippen molar-refractivity contribution in [2.45, 2.75) is 19.3 Å². The Morgan fingerprint density at radius 2 is 2.00 bits per heavy atom. The summed E-state index contributed by atoms with van der Waals surface area (Å²) in [6.07, 6.45) is 4.18. The lowest BCUT2D eigenvalue weighted by Gasteiger charge is -2.32. The molecule has 2 heterocycles. The van der Waals surface area contributed by atoms with Gasteiger partial charge in [-0.25, -0.2) is 5.01 Å². The van der Waals surface area contributed by atoms with Crippen molar-refractivity contribution >= 4 is 28.9 Å². The summed E-state index contributed by atoms with van der Waals surface area (Å²) in [6, 6.07) is 11.2. The lowest BCUT2D eigenvalue weighted by molar-refractivity contribution is -0.119. The van der Waals surface area contributed by atoms with Crippen LogP contribution in [0.15, 0.2) is 47.7 Å². The minimum atomic E-state index is 0.0236. The highest BCUT2D eigenvalue weighted by Gasteiger charge is 2.35. The third kappa shape index (κ3) is 2.20. The fourth-order valence-electron chi connectivity index (χ4n) is 3.10. The first-order chi connectivity index (χ1) is 10.7. The molecular formula is C17H14ClN3O. The number of anilines is 1. The van der Waals surface area contributed by atoms with Crippen LogP contribution in [-0.4, -0.2) is 16.6 Å². The van der Waals surface area contributed by atoms with Gasteiger partial charge in [-0.1, -0.05) is 17.7 Å². The Bertz CT molecular complexity index is 770. The Balaban J connectivity index is 1.80. The number of pyridine rings is 1. The third-order valence-electron chi connectivity index (χ3n) is 4.22. The molecule has 5 heteroatoms. The molecule has 0 fully saturated rings. The summed E-state index contributed by atoms with van der Waals surface area (Å²) in [7, 11) is 0. The molecule has 2 aliphatic rings. The number of hydrazone groups is 1. The molecule has 0 spiro atoms. The SMILES string of the molecule is O=C1CC2CCc3cccnc3C2=NN1c1ccc(Cl)cc1. The zero-order valence-corrected chi connectivity index (χ0v) is 12.6. The number of benzene rings is 1. The van der Waals surface area contributed by atoms with Gasteiger partial charge in [-0.2, -0.15) is 5.10 Å². The van der Waals surface area contributed by atoms with E-state index in [2.05, 4.69) is 16.2 Å². The van der Waals surface area contributed by atoms with Crippen LogP contribution in [-0.2, 0) is 11.2 Å². The number of aryl methyl sites for hydroxylation is 1. The van der Waals surface area contributed by atoms with E-state index in [1.807, 2.05) is 18.2 Å². The maximum absolute atomic E-state index is 12.4. The van der Waals surface area contributed by atoms with Crippen molar-refractivity contribution in [3.8, 4) is 0 Å². The Labute approximate surface area is 133 Å². The number of hydrogen-bond donors (Lipinski definition) is 0. The standard InChI is InChI=1S/C17H14ClN3O/c18-13-5-7-14(8-6-13)21-15(22)10-12-4-3-11-2-1-9-19-16(11)17(12)20-21/h1-2,5-9,12H,3-4,10H2. The Kier molecular flexibility index (Phi) is 3.19. The number of halogens is 1. The van der Waals surface area contributed by atoms with Crippen molar-refractivity contribution in [2.24, 2.45) is 11.0 Å². The number of rotatable bonds is 1. The third-order valence-corrected chi connectivity index (χ3v) is 4.47. The Hall–Kier alpha value is -2.20. The molecule has 4 nitrogen and oxygen atoms in total. The highest BCUT2D eigenvalue weighted by atomic mass is 35.5. The first-order valence-electron chi connectivity index (χ1n) is 7.33. The number of carbonyl (C=O) groups excluding carboxylic acids is 1. The lowest BCUT2D eigenvalue weighted by atomic mass is 9.82. The van der Waals surface area contributed by atoms with E-state index in [0.29, 0.717) is 11.4 Å². The molecular weight excluding hydrogens is 298 g/mol. The fraction of sp³-hybridized carbons (Fsp3) is 0.235. The molecule has 4 rings (SSSR count). The van der Waals surface area contributed by atoms with E-state index in [-0.39, 0.29) is 11.8 Å². The number of amides is 1. The molecule has 1 aromatic heterocycles. The molecule has 0 radical (unpaired) electrons. The maximum atomic E-state index is 12.4. The molecule has 1 amide bonds. The van der Waals surface area contributed by atoms with Crippen LogP contribution in [0.3, 0.4) is 0 Å². The molecule has 1 aliphatic carbocycles. The molecule has 0 saturated carbocycles. The Morgan fingerprint density at radius 3 is 2.82 bits per heavy atom. The monoisotopic (exact) mass is 311 g/mol. The van der Waals surface area contributed by atoms with Crippen LogP contribution in [0, 0.1) is 5.92 Å². The minimum Gasteiger partial charge on any atom is -0.273 e. The first-order valence-corrected chi connectivity index (χ1v) is 7.71. The largest absolute Gasteiger partial charge is 0.273 e. The second-order valence-corrected chi connectivity index (χ2v) is 6.05. The highest BCUT2D eigenvalue weighted by Crippen LogP contribution is 2.32. The predicted molar refractivity (Wildman–Crippen MR) is 86.1 cm³/mol. The van der Waals surface area contributed by atoms with Gasteiger partial charge < -0.3 is 0 Å². The fourth-order valence-corrected chi connectivity index (χ4v) is 3.23. The average molecular weight is 312 g/mol. The van der Waals surface area contributed by atoms with Crippen LogP contribution in [0.2, 0.25) is 5.02 Å². The van der Waals surface area contributed by atoms with Crippen LogP contribution >= 0.6 is 11.6 Å².